The third-order valence-corrected chi connectivity index (χ3v) is 3.27. The summed E-state index contributed by atoms with van der Waals surface area (Å²) in [6, 6.07) is 2.57. The maximum absolute atomic E-state index is 4.09. The Morgan fingerprint density at radius 3 is 2.80 bits per heavy atom. The summed E-state index contributed by atoms with van der Waals surface area (Å²) in [4.78, 5) is 0. The second-order valence-electron chi connectivity index (χ2n) is 4.60. The molecule has 2 rings (SSSR count). The SMILES string of the molecule is Cc1cnnc(NC(C)C2CCCC2)c1. The summed E-state index contributed by atoms with van der Waals surface area (Å²) in [6.45, 7) is 4.29. The van der Waals surface area contributed by atoms with E-state index in [1.807, 2.05) is 6.92 Å². The first kappa shape index (κ1) is 10.4. The zero-order chi connectivity index (χ0) is 10.7. The third-order valence-electron chi connectivity index (χ3n) is 3.27. The fourth-order valence-electron chi connectivity index (χ4n) is 2.34. The summed E-state index contributed by atoms with van der Waals surface area (Å²) in [6.07, 6.45) is 7.26. The minimum Gasteiger partial charge on any atom is -0.366 e. The molecule has 0 aromatic carbocycles. The van der Waals surface area contributed by atoms with E-state index >= 15 is 0 Å². The summed E-state index contributed by atoms with van der Waals surface area (Å²) < 4.78 is 0. The molecule has 1 aromatic rings. The molecule has 1 saturated carbocycles. The van der Waals surface area contributed by atoms with Crippen LogP contribution in [0.15, 0.2) is 12.3 Å². The van der Waals surface area contributed by atoms with Crippen molar-refractivity contribution in [2.24, 2.45) is 5.92 Å². The van der Waals surface area contributed by atoms with Crippen LogP contribution in [0, 0.1) is 12.8 Å². The van der Waals surface area contributed by atoms with Gasteiger partial charge in [-0.2, -0.15) is 5.10 Å². The third kappa shape index (κ3) is 2.67. The Morgan fingerprint density at radius 2 is 2.13 bits per heavy atom. The molecule has 1 heterocycles. The zero-order valence-electron chi connectivity index (χ0n) is 9.53. The maximum Gasteiger partial charge on any atom is 0.149 e. The summed E-state index contributed by atoms with van der Waals surface area (Å²) in [5.41, 5.74) is 1.16. The summed E-state index contributed by atoms with van der Waals surface area (Å²) in [7, 11) is 0. The van der Waals surface area contributed by atoms with E-state index < -0.39 is 0 Å². The fraction of sp³-hybridized carbons (Fsp3) is 0.667. The van der Waals surface area contributed by atoms with Gasteiger partial charge in [-0.25, -0.2) is 0 Å². The lowest BCUT2D eigenvalue weighted by Crippen LogP contribution is -2.24. The second kappa shape index (κ2) is 4.60. The predicted molar refractivity (Wildman–Crippen MR) is 61.8 cm³/mol. The highest BCUT2D eigenvalue weighted by molar-refractivity contribution is 5.36. The number of nitrogens with one attached hydrogen (secondary N) is 1. The molecule has 3 nitrogen and oxygen atoms in total. The molecule has 1 unspecified atom stereocenters. The van der Waals surface area contributed by atoms with E-state index in [4.69, 9.17) is 0 Å². The Balaban J connectivity index is 1.95. The molecular weight excluding hydrogens is 186 g/mol. The average molecular weight is 205 g/mol. The Hall–Kier alpha value is -1.12. The largest absolute Gasteiger partial charge is 0.366 e. The quantitative estimate of drug-likeness (QED) is 0.824. The lowest BCUT2D eigenvalue weighted by atomic mass is 10.00. The van der Waals surface area contributed by atoms with Crippen molar-refractivity contribution in [3.8, 4) is 0 Å². The Morgan fingerprint density at radius 1 is 1.40 bits per heavy atom. The van der Waals surface area contributed by atoms with Crippen LogP contribution in [0.5, 0.6) is 0 Å². The van der Waals surface area contributed by atoms with Gasteiger partial charge in [0.15, 0.2) is 0 Å². The van der Waals surface area contributed by atoms with Crippen LogP contribution in [0.25, 0.3) is 0 Å². The van der Waals surface area contributed by atoms with Crippen LogP contribution in [0.1, 0.15) is 38.2 Å². The van der Waals surface area contributed by atoms with Crippen molar-refractivity contribution < 1.29 is 0 Å². The van der Waals surface area contributed by atoms with Crippen LogP contribution < -0.4 is 5.32 Å². The van der Waals surface area contributed by atoms with Gasteiger partial charge in [0.1, 0.15) is 5.82 Å². The first-order valence-electron chi connectivity index (χ1n) is 5.81. The smallest absolute Gasteiger partial charge is 0.149 e. The molecule has 1 aliphatic carbocycles. The van der Waals surface area contributed by atoms with Gasteiger partial charge >= 0.3 is 0 Å². The van der Waals surface area contributed by atoms with Gasteiger partial charge in [0.2, 0.25) is 0 Å². The van der Waals surface area contributed by atoms with Gasteiger partial charge in [-0.15, -0.1) is 5.10 Å². The first-order valence-corrected chi connectivity index (χ1v) is 5.81. The minimum absolute atomic E-state index is 0.517. The molecule has 3 heteroatoms. The van der Waals surface area contributed by atoms with Gasteiger partial charge in [-0.1, -0.05) is 12.8 Å². The number of rotatable bonds is 3. The van der Waals surface area contributed by atoms with Gasteiger partial charge in [0.25, 0.3) is 0 Å². The molecule has 1 N–H and O–H groups in total. The van der Waals surface area contributed by atoms with E-state index in [0.717, 1.165) is 17.3 Å². The molecule has 0 radical (unpaired) electrons. The predicted octanol–water partition coefficient (Wildman–Crippen LogP) is 2.78. The van der Waals surface area contributed by atoms with E-state index in [-0.39, 0.29) is 0 Å². The van der Waals surface area contributed by atoms with Crippen LogP contribution in [-0.2, 0) is 0 Å². The van der Waals surface area contributed by atoms with E-state index in [0.29, 0.717) is 6.04 Å². The Kier molecular flexibility index (Phi) is 3.19. The van der Waals surface area contributed by atoms with Crippen molar-refractivity contribution in [2.75, 3.05) is 5.32 Å². The molecule has 1 atom stereocenters. The van der Waals surface area contributed by atoms with Gasteiger partial charge in [0.05, 0.1) is 6.20 Å². The molecule has 1 aromatic heterocycles. The first-order chi connectivity index (χ1) is 7.25. The maximum atomic E-state index is 4.09. The number of anilines is 1. The number of aromatic nitrogens is 2. The molecule has 0 spiro atoms. The Bertz CT molecular complexity index is 318. The monoisotopic (exact) mass is 205 g/mol. The van der Waals surface area contributed by atoms with Crippen molar-refractivity contribution in [3.63, 3.8) is 0 Å². The topological polar surface area (TPSA) is 37.8 Å². The highest BCUT2D eigenvalue weighted by Crippen LogP contribution is 2.28. The lowest BCUT2D eigenvalue weighted by Gasteiger charge is -2.20. The molecular formula is C12H19N3. The van der Waals surface area contributed by atoms with Crippen LogP contribution in [-0.4, -0.2) is 16.2 Å². The van der Waals surface area contributed by atoms with Gasteiger partial charge in [0, 0.05) is 6.04 Å². The molecule has 1 fully saturated rings. The number of aryl methyl sites for hydroxylation is 1. The number of hydrogen-bond donors (Lipinski definition) is 1. The summed E-state index contributed by atoms with van der Waals surface area (Å²) >= 11 is 0. The van der Waals surface area contributed by atoms with Gasteiger partial charge in [-0.05, 0) is 44.2 Å². The number of hydrogen-bond acceptors (Lipinski definition) is 3. The normalized spacial score (nSPS) is 19.1. The van der Waals surface area contributed by atoms with Crippen LogP contribution >= 0.6 is 0 Å². The summed E-state index contributed by atoms with van der Waals surface area (Å²) in [5, 5.41) is 11.5. The van der Waals surface area contributed by atoms with Gasteiger partial charge in [-0.3, -0.25) is 0 Å². The van der Waals surface area contributed by atoms with Crippen molar-refractivity contribution in [1.29, 1.82) is 0 Å². The van der Waals surface area contributed by atoms with E-state index in [1.165, 1.54) is 25.7 Å². The van der Waals surface area contributed by atoms with Crippen molar-refractivity contribution in [2.45, 2.75) is 45.6 Å². The minimum atomic E-state index is 0.517. The van der Waals surface area contributed by atoms with Crippen molar-refractivity contribution in [1.82, 2.24) is 10.2 Å². The highest BCUT2D eigenvalue weighted by atomic mass is 15.2. The van der Waals surface area contributed by atoms with E-state index in [9.17, 15) is 0 Å². The summed E-state index contributed by atoms with van der Waals surface area (Å²) in [5.74, 6) is 1.72. The van der Waals surface area contributed by atoms with Crippen LogP contribution in [0.4, 0.5) is 5.82 Å². The molecule has 0 aliphatic heterocycles. The molecule has 82 valence electrons. The molecule has 0 amide bonds. The van der Waals surface area contributed by atoms with Crippen molar-refractivity contribution >= 4 is 5.82 Å². The van der Waals surface area contributed by atoms with E-state index in [2.05, 4.69) is 28.5 Å². The van der Waals surface area contributed by atoms with Gasteiger partial charge < -0.3 is 5.32 Å². The molecule has 0 bridgehead atoms. The Labute approximate surface area is 91.3 Å². The molecule has 0 saturated heterocycles. The van der Waals surface area contributed by atoms with Crippen LogP contribution in [0.3, 0.4) is 0 Å². The second-order valence-corrected chi connectivity index (χ2v) is 4.60. The fourth-order valence-corrected chi connectivity index (χ4v) is 2.34. The highest BCUT2D eigenvalue weighted by Gasteiger charge is 2.21. The molecule has 1 aliphatic rings. The average Bonchev–Trinajstić information content (AvgIpc) is 2.70. The van der Waals surface area contributed by atoms with Crippen LogP contribution in [0.2, 0.25) is 0 Å². The number of nitrogens with zero attached hydrogens (tertiary/aromatic N) is 2. The zero-order valence-corrected chi connectivity index (χ0v) is 9.53. The lowest BCUT2D eigenvalue weighted by molar-refractivity contribution is 0.480. The van der Waals surface area contributed by atoms with E-state index in [1.54, 1.807) is 6.20 Å². The molecule has 15 heavy (non-hydrogen) atoms. The standard InChI is InChI=1S/C12H19N3/c1-9-7-12(15-13-8-9)14-10(2)11-5-3-4-6-11/h7-8,10-11H,3-6H2,1-2H3,(H,14,15). The van der Waals surface area contributed by atoms with Crippen molar-refractivity contribution in [3.05, 3.63) is 17.8 Å².